The smallest absolute Gasteiger partial charge is 0.138 e. The molecule has 1 N–H and O–H groups in total. The van der Waals surface area contributed by atoms with Gasteiger partial charge in [-0.05, 0) is 6.92 Å². The van der Waals surface area contributed by atoms with Crippen molar-refractivity contribution >= 4 is 0 Å². The molecule has 0 bridgehead atoms. The summed E-state index contributed by atoms with van der Waals surface area (Å²) >= 11 is 0. The summed E-state index contributed by atoms with van der Waals surface area (Å²) < 4.78 is 5.01. The Morgan fingerprint density at radius 2 is 2.31 bits per heavy atom. The molecular weight excluding hydrogens is 166 g/mol. The molecule has 0 amide bonds. The van der Waals surface area contributed by atoms with Gasteiger partial charge in [0.2, 0.25) is 0 Å². The molecule has 0 atom stereocenters. The van der Waals surface area contributed by atoms with Gasteiger partial charge in [0.25, 0.3) is 0 Å². The Kier molecular flexibility index (Phi) is 2.61. The van der Waals surface area contributed by atoms with Crippen LogP contribution in [0.15, 0.2) is 10.7 Å². The van der Waals surface area contributed by atoms with Gasteiger partial charge in [0, 0.05) is 38.3 Å². The van der Waals surface area contributed by atoms with Gasteiger partial charge in [-0.25, -0.2) is 0 Å². The first-order valence-electron chi connectivity index (χ1n) is 4.69. The molecule has 2 rings (SSSR count). The summed E-state index contributed by atoms with van der Waals surface area (Å²) in [7, 11) is 0. The maximum absolute atomic E-state index is 5.01. The molecule has 0 aromatic carbocycles. The molecule has 0 radical (unpaired) electrons. The number of rotatable bonds is 2. The van der Waals surface area contributed by atoms with Crippen molar-refractivity contribution in [2.24, 2.45) is 0 Å². The first-order valence-corrected chi connectivity index (χ1v) is 4.69. The summed E-state index contributed by atoms with van der Waals surface area (Å²) in [5.41, 5.74) is 1.21. The lowest BCUT2D eigenvalue weighted by Crippen LogP contribution is -2.42. The normalized spacial score (nSPS) is 19.2. The van der Waals surface area contributed by atoms with Crippen LogP contribution in [0.3, 0.4) is 0 Å². The van der Waals surface area contributed by atoms with Gasteiger partial charge in [-0.3, -0.25) is 4.90 Å². The van der Waals surface area contributed by atoms with Crippen LogP contribution in [0.4, 0.5) is 0 Å². The van der Waals surface area contributed by atoms with E-state index in [2.05, 4.69) is 15.4 Å². The van der Waals surface area contributed by atoms with Crippen molar-refractivity contribution in [2.45, 2.75) is 13.5 Å². The van der Waals surface area contributed by atoms with E-state index in [4.69, 9.17) is 4.52 Å². The van der Waals surface area contributed by atoms with Crippen LogP contribution in [-0.2, 0) is 6.54 Å². The maximum Gasteiger partial charge on any atom is 0.138 e. The Balaban J connectivity index is 1.93. The SMILES string of the molecule is Cc1oncc1CN1CCNCC1. The average molecular weight is 181 g/mol. The zero-order valence-electron chi connectivity index (χ0n) is 7.92. The van der Waals surface area contributed by atoms with Crippen molar-refractivity contribution in [1.82, 2.24) is 15.4 Å². The van der Waals surface area contributed by atoms with Crippen molar-refractivity contribution < 1.29 is 4.52 Å². The zero-order chi connectivity index (χ0) is 9.10. The van der Waals surface area contributed by atoms with Gasteiger partial charge >= 0.3 is 0 Å². The molecule has 13 heavy (non-hydrogen) atoms. The van der Waals surface area contributed by atoms with E-state index in [1.54, 1.807) is 0 Å². The van der Waals surface area contributed by atoms with E-state index in [9.17, 15) is 0 Å². The van der Waals surface area contributed by atoms with E-state index in [-0.39, 0.29) is 0 Å². The van der Waals surface area contributed by atoms with Crippen LogP contribution in [0, 0.1) is 6.92 Å². The van der Waals surface area contributed by atoms with Crippen LogP contribution in [0.5, 0.6) is 0 Å². The van der Waals surface area contributed by atoms with Crippen LogP contribution < -0.4 is 5.32 Å². The number of hydrogen-bond donors (Lipinski definition) is 1. The Hall–Kier alpha value is -0.870. The molecule has 1 aliphatic rings. The number of hydrogen-bond acceptors (Lipinski definition) is 4. The predicted octanol–water partition coefficient (Wildman–Crippen LogP) is 0.388. The summed E-state index contributed by atoms with van der Waals surface area (Å²) in [4.78, 5) is 2.41. The van der Waals surface area contributed by atoms with Crippen LogP contribution in [-0.4, -0.2) is 36.2 Å². The second-order valence-electron chi connectivity index (χ2n) is 3.43. The van der Waals surface area contributed by atoms with Gasteiger partial charge in [-0.15, -0.1) is 0 Å². The minimum absolute atomic E-state index is 0.943. The highest BCUT2D eigenvalue weighted by molar-refractivity contribution is 5.11. The Bertz CT molecular complexity index is 266. The van der Waals surface area contributed by atoms with Gasteiger partial charge < -0.3 is 9.84 Å². The molecule has 0 spiro atoms. The first-order chi connectivity index (χ1) is 6.36. The summed E-state index contributed by atoms with van der Waals surface area (Å²) in [6, 6.07) is 0. The van der Waals surface area contributed by atoms with Crippen molar-refractivity contribution in [1.29, 1.82) is 0 Å². The molecule has 72 valence electrons. The molecule has 1 saturated heterocycles. The van der Waals surface area contributed by atoms with E-state index < -0.39 is 0 Å². The van der Waals surface area contributed by atoms with Crippen LogP contribution in [0.25, 0.3) is 0 Å². The van der Waals surface area contributed by atoms with Crippen molar-refractivity contribution in [3.8, 4) is 0 Å². The third-order valence-electron chi connectivity index (χ3n) is 2.45. The molecule has 0 unspecified atom stereocenters. The molecule has 4 nitrogen and oxygen atoms in total. The molecule has 0 saturated carbocycles. The lowest BCUT2D eigenvalue weighted by atomic mass is 10.2. The largest absolute Gasteiger partial charge is 0.361 e. The number of aryl methyl sites for hydroxylation is 1. The summed E-state index contributed by atoms with van der Waals surface area (Å²) in [6.07, 6.45) is 1.82. The fourth-order valence-corrected chi connectivity index (χ4v) is 1.58. The van der Waals surface area contributed by atoms with E-state index >= 15 is 0 Å². The standard InChI is InChI=1S/C9H15N3O/c1-8-9(6-11-13-8)7-12-4-2-10-3-5-12/h6,10H,2-5,7H2,1H3. The lowest BCUT2D eigenvalue weighted by Gasteiger charge is -2.26. The summed E-state index contributed by atoms with van der Waals surface area (Å²) in [6.45, 7) is 7.34. The predicted molar refractivity (Wildman–Crippen MR) is 49.4 cm³/mol. The topological polar surface area (TPSA) is 41.3 Å². The lowest BCUT2D eigenvalue weighted by molar-refractivity contribution is 0.232. The van der Waals surface area contributed by atoms with Crippen molar-refractivity contribution in [3.63, 3.8) is 0 Å². The van der Waals surface area contributed by atoms with Gasteiger partial charge in [-0.2, -0.15) is 0 Å². The first kappa shape index (κ1) is 8.72. The highest BCUT2D eigenvalue weighted by Crippen LogP contribution is 2.09. The Morgan fingerprint density at radius 3 is 2.92 bits per heavy atom. The van der Waals surface area contributed by atoms with Gasteiger partial charge in [0.1, 0.15) is 5.76 Å². The molecule has 1 aromatic heterocycles. The molecule has 1 aliphatic heterocycles. The summed E-state index contributed by atoms with van der Waals surface area (Å²) in [5, 5.41) is 7.10. The minimum atomic E-state index is 0.943. The molecule has 4 heteroatoms. The van der Waals surface area contributed by atoms with Crippen LogP contribution >= 0.6 is 0 Å². The van der Waals surface area contributed by atoms with Gasteiger partial charge in [-0.1, -0.05) is 5.16 Å². The van der Waals surface area contributed by atoms with Crippen molar-refractivity contribution in [2.75, 3.05) is 26.2 Å². The number of piperazine rings is 1. The molecule has 0 aliphatic carbocycles. The molecule has 1 aromatic rings. The molecule has 2 heterocycles. The third-order valence-corrected chi connectivity index (χ3v) is 2.45. The minimum Gasteiger partial charge on any atom is -0.361 e. The summed E-state index contributed by atoms with van der Waals surface area (Å²) in [5.74, 6) is 0.943. The van der Waals surface area contributed by atoms with E-state index in [0.717, 1.165) is 38.5 Å². The Morgan fingerprint density at radius 1 is 1.54 bits per heavy atom. The van der Waals surface area contributed by atoms with E-state index in [1.807, 2.05) is 13.1 Å². The van der Waals surface area contributed by atoms with Crippen LogP contribution in [0.2, 0.25) is 0 Å². The number of aromatic nitrogens is 1. The fourth-order valence-electron chi connectivity index (χ4n) is 1.58. The van der Waals surface area contributed by atoms with E-state index in [1.165, 1.54) is 5.56 Å². The van der Waals surface area contributed by atoms with Crippen molar-refractivity contribution in [3.05, 3.63) is 17.5 Å². The van der Waals surface area contributed by atoms with Crippen LogP contribution in [0.1, 0.15) is 11.3 Å². The third kappa shape index (κ3) is 2.08. The maximum atomic E-state index is 5.01. The Labute approximate surface area is 77.9 Å². The highest BCUT2D eigenvalue weighted by Gasteiger charge is 2.12. The molecule has 1 fully saturated rings. The second-order valence-corrected chi connectivity index (χ2v) is 3.43. The second kappa shape index (κ2) is 3.89. The average Bonchev–Trinajstić information content (AvgIpc) is 2.54. The van der Waals surface area contributed by atoms with Gasteiger partial charge in [0.05, 0.1) is 6.20 Å². The van der Waals surface area contributed by atoms with Gasteiger partial charge in [0.15, 0.2) is 0 Å². The monoisotopic (exact) mass is 181 g/mol. The fraction of sp³-hybridized carbons (Fsp3) is 0.667. The quantitative estimate of drug-likeness (QED) is 0.716. The number of nitrogens with zero attached hydrogens (tertiary/aromatic N) is 2. The zero-order valence-corrected chi connectivity index (χ0v) is 7.92. The number of nitrogens with one attached hydrogen (secondary N) is 1. The van der Waals surface area contributed by atoms with E-state index in [0.29, 0.717) is 0 Å². The highest BCUT2D eigenvalue weighted by atomic mass is 16.5. The molecular formula is C9H15N3O.